The first kappa shape index (κ1) is 18.0. The number of ether oxygens (including phenoxy) is 1. The molecule has 126 valence electrons. The zero-order valence-electron chi connectivity index (χ0n) is 12.5. The van der Waals surface area contributed by atoms with Gasteiger partial charge in [-0.05, 0) is 37.6 Å². The Balaban J connectivity index is 0.00000192. The summed E-state index contributed by atoms with van der Waals surface area (Å²) in [7, 11) is 0. The smallest absolute Gasteiger partial charge is 0.265 e. The van der Waals surface area contributed by atoms with Crippen LogP contribution in [0.3, 0.4) is 0 Å². The summed E-state index contributed by atoms with van der Waals surface area (Å²) in [6.45, 7) is 1.58. The molecule has 0 bridgehead atoms. The first-order chi connectivity index (χ1) is 10.6. The molecule has 1 unspecified atom stereocenters. The standard InChI is InChI=1S/C15H18BrN3O3.ClH/c16-10-3-4-12-13(6-10)22-9-15(21)19(12)8-14(20)18-7-11-2-1-5-17-11;/h3-4,6,11,17H,1-2,5,7-9H2,(H,18,20);1H. The van der Waals surface area contributed by atoms with Gasteiger partial charge in [0.2, 0.25) is 5.91 Å². The number of nitrogens with zero attached hydrogens (tertiary/aromatic N) is 1. The van der Waals surface area contributed by atoms with Gasteiger partial charge in [-0.2, -0.15) is 0 Å². The second-order valence-corrected chi connectivity index (χ2v) is 6.39. The highest BCUT2D eigenvalue weighted by Gasteiger charge is 2.27. The summed E-state index contributed by atoms with van der Waals surface area (Å²) in [6, 6.07) is 5.75. The van der Waals surface area contributed by atoms with E-state index in [1.54, 1.807) is 12.1 Å². The Morgan fingerprint density at radius 1 is 1.48 bits per heavy atom. The number of hydrogen-bond donors (Lipinski definition) is 2. The lowest BCUT2D eigenvalue weighted by atomic mass is 10.2. The molecule has 2 amide bonds. The van der Waals surface area contributed by atoms with Crippen molar-refractivity contribution in [1.29, 1.82) is 0 Å². The maximum atomic E-state index is 12.1. The van der Waals surface area contributed by atoms with E-state index in [1.807, 2.05) is 6.07 Å². The molecule has 6 nitrogen and oxygen atoms in total. The second-order valence-electron chi connectivity index (χ2n) is 5.48. The highest BCUT2D eigenvalue weighted by Crippen LogP contribution is 2.34. The predicted molar refractivity (Wildman–Crippen MR) is 93.3 cm³/mol. The summed E-state index contributed by atoms with van der Waals surface area (Å²) in [4.78, 5) is 25.6. The molecule has 1 aromatic carbocycles. The van der Waals surface area contributed by atoms with Gasteiger partial charge < -0.3 is 15.4 Å². The Hall–Kier alpha value is -1.31. The van der Waals surface area contributed by atoms with Crippen molar-refractivity contribution >= 4 is 45.8 Å². The van der Waals surface area contributed by atoms with Crippen LogP contribution in [0.5, 0.6) is 5.75 Å². The molecule has 1 fully saturated rings. The molecule has 0 aromatic heterocycles. The molecule has 2 heterocycles. The summed E-state index contributed by atoms with van der Waals surface area (Å²) in [6.07, 6.45) is 2.22. The molecule has 0 radical (unpaired) electrons. The summed E-state index contributed by atoms with van der Waals surface area (Å²) in [5, 5.41) is 6.21. The molecule has 23 heavy (non-hydrogen) atoms. The third kappa shape index (κ3) is 4.37. The molecule has 1 atom stereocenters. The number of nitrogens with one attached hydrogen (secondary N) is 2. The lowest BCUT2D eigenvalue weighted by Gasteiger charge is -2.29. The third-order valence-corrected chi connectivity index (χ3v) is 4.37. The van der Waals surface area contributed by atoms with Gasteiger partial charge in [-0.3, -0.25) is 14.5 Å². The average molecular weight is 405 g/mol. The molecule has 1 aromatic rings. The number of anilines is 1. The Morgan fingerprint density at radius 3 is 3.04 bits per heavy atom. The van der Waals surface area contributed by atoms with Gasteiger partial charge in [0, 0.05) is 17.1 Å². The molecule has 2 aliphatic heterocycles. The van der Waals surface area contributed by atoms with Gasteiger partial charge in [0.1, 0.15) is 12.3 Å². The molecular formula is C15H19BrClN3O3. The molecule has 0 saturated carbocycles. The summed E-state index contributed by atoms with van der Waals surface area (Å²) in [5.41, 5.74) is 0.633. The van der Waals surface area contributed by atoms with Crippen molar-refractivity contribution in [2.45, 2.75) is 18.9 Å². The van der Waals surface area contributed by atoms with E-state index in [2.05, 4.69) is 26.6 Å². The van der Waals surface area contributed by atoms with E-state index in [-0.39, 0.29) is 37.4 Å². The summed E-state index contributed by atoms with van der Waals surface area (Å²) >= 11 is 3.37. The highest BCUT2D eigenvalue weighted by atomic mass is 79.9. The first-order valence-corrected chi connectivity index (χ1v) is 8.15. The molecule has 3 rings (SSSR count). The quantitative estimate of drug-likeness (QED) is 0.797. The maximum Gasteiger partial charge on any atom is 0.265 e. The minimum atomic E-state index is -0.205. The maximum absolute atomic E-state index is 12.1. The zero-order chi connectivity index (χ0) is 15.5. The number of carbonyl (C=O) groups is 2. The van der Waals surface area contributed by atoms with E-state index in [9.17, 15) is 9.59 Å². The van der Waals surface area contributed by atoms with Gasteiger partial charge in [-0.25, -0.2) is 0 Å². The molecule has 2 aliphatic rings. The number of amides is 2. The first-order valence-electron chi connectivity index (χ1n) is 7.36. The van der Waals surface area contributed by atoms with Crippen LogP contribution in [0.2, 0.25) is 0 Å². The third-order valence-electron chi connectivity index (χ3n) is 3.87. The lowest BCUT2D eigenvalue weighted by molar-refractivity contribution is -0.125. The van der Waals surface area contributed by atoms with Crippen LogP contribution >= 0.6 is 28.3 Å². The van der Waals surface area contributed by atoms with Gasteiger partial charge >= 0.3 is 0 Å². The van der Waals surface area contributed by atoms with Gasteiger partial charge in [0.25, 0.3) is 5.91 Å². The highest BCUT2D eigenvalue weighted by molar-refractivity contribution is 9.10. The van der Waals surface area contributed by atoms with Crippen LogP contribution in [0, 0.1) is 0 Å². The molecule has 8 heteroatoms. The molecule has 0 aliphatic carbocycles. The normalized spacial score (nSPS) is 19.6. The minimum absolute atomic E-state index is 0. The average Bonchev–Trinajstić information content (AvgIpc) is 3.01. The van der Waals surface area contributed by atoms with Crippen molar-refractivity contribution < 1.29 is 14.3 Å². The van der Waals surface area contributed by atoms with Crippen LogP contribution in [-0.4, -0.2) is 44.1 Å². The fraction of sp³-hybridized carbons (Fsp3) is 0.467. The van der Waals surface area contributed by atoms with E-state index in [1.165, 1.54) is 4.90 Å². The van der Waals surface area contributed by atoms with Crippen LogP contribution < -0.4 is 20.3 Å². The lowest BCUT2D eigenvalue weighted by Crippen LogP contribution is -2.47. The van der Waals surface area contributed by atoms with Crippen molar-refractivity contribution in [2.24, 2.45) is 0 Å². The van der Waals surface area contributed by atoms with Gasteiger partial charge in [0.15, 0.2) is 6.61 Å². The number of rotatable bonds is 4. The number of fused-ring (bicyclic) bond motifs is 1. The zero-order valence-corrected chi connectivity index (χ0v) is 14.9. The van der Waals surface area contributed by atoms with Gasteiger partial charge in [0.05, 0.1) is 5.69 Å². The fourth-order valence-corrected chi connectivity index (χ4v) is 3.06. The summed E-state index contributed by atoms with van der Waals surface area (Å²) < 4.78 is 6.28. The number of hydrogen-bond acceptors (Lipinski definition) is 4. The van der Waals surface area contributed by atoms with E-state index in [4.69, 9.17) is 4.74 Å². The number of carbonyl (C=O) groups excluding carboxylic acids is 2. The van der Waals surface area contributed by atoms with Crippen LogP contribution in [0.15, 0.2) is 22.7 Å². The molecule has 0 spiro atoms. The van der Waals surface area contributed by atoms with E-state index in [0.717, 1.165) is 23.9 Å². The van der Waals surface area contributed by atoms with E-state index in [0.29, 0.717) is 24.0 Å². The molecule has 2 N–H and O–H groups in total. The van der Waals surface area contributed by atoms with Crippen molar-refractivity contribution in [2.75, 3.05) is 31.1 Å². The van der Waals surface area contributed by atoms with E-state index >= 15 is 0 Å². The second kappa shape index (κ2) is 7.99. The minimum Gasteiger partial charge on any atom is -0.482 e. The Bertz CT molecular complexity index is 593. The van der Waals surface area contributed by atoms with Crippen LogP contribution in [-0.2, 0) is 9.59 Å². The Kier molecular flexibility index (Phi) is 6.26. The van der Waals surface area contributed by atoms with Crippen molar-refractivity contribution in [3.05, 3.63) is 22.7 Å². The molecule has 1 saturated heterocycles. The van der Waals surface area contributed by atoms with E-state index < -0.39 is 0 Å². The van der Waals surface area contributed by atoms with Crippen LogP contribution in [0.1, 0.15) is 12.8 Å². The van der Waals surface area contributed by atoms with Crippen molar-refractivity contribution in [3.8, 4) is 5.75 Å². The predicted octanol–water partition coefficient (Wildman–Crippen LogP) is 1.46. The Labute approximate surface area is 149 Å². The number of halogens is 2. The Morgan fingerprint density at radius 2 is 2.30 bits per heavy atom. The number of benzene rings is 1. The van der Waals surface area contributed by atoms with Crippen molar-refractivity contribution in [1.82, 2.24) is 10.6 Å². The van der Waals surface area contributed by atoms with Gasteiger partial charge in [-0.1, -0.05) is 15.9 Å². The van der Waals surface area contributed by atoms with Gasteiger partial charge in [-0.15, -0.1) is 12.4 Å². The topological polar surface area (TPSA) is 70.7 Å². The fourth-order valence-electron chi connectivity index (χ4n) is 2.72. The van der Waals surface area contributed by atoms with Crippen LogP contribution in [0.25, 0.3) is 0 Å². The molecular weight excluding hydrogens is 386 g/mol. The van der Waals surface area contributed by atoms with Crippen LogP contribution in [0.4, 0.5) is 5.69 Å². The largest absolute Gasteiger partial charge is 0.482 e. The van der Waals surface area contributed by atoms with Crippen molar-refractivity contribution in [3.63, 3.8) is 0 Å². The monoisotopic (exact) mass is 403 g/mol. The SMILES string of the molecule is Cl.O=C(CN1C(=O)COc2cc(Br)ccc21)NCC1CCCN1. The summed E-state index contributed by atoms with van der Waals surface area (Å²) in [5.74, 6) is 0.251.